The quantitative estimate of drug-likeness (QED) is 0.694. The SMILES string of the molecule is Cc1cncc(-c2cccnc2Oc2ccc(C(C)(F)F)nc2)c1. The van der Waals surface area contributed by atoms with Crippen LogP contribution in [0.25, 0.3) is 11.1 Å². The molecule has 0 N–H and O–H groups in total. The number of ether oxygens (including phenoxy) is 1. The molecule has 0 amide bonds. The molecular formula is C18H15F2N3O. The molecule has 122 valence electrons. The average molecular weight is 327 g/mol. The van der Waals surface area contributed by atoms with Crippen molar-refractivity contribution in [2.75, 3.05) is 0 Å². The molecule has 0 spiro atoms. The van der Waals surface area contributed by atoms with Crippen LogP contribution in [0, 0.1) is 6.92 Å². The molecule has 0 aromatic carbocycles. The fourth-order valence-corrected chi connectivity index (χ4v) is 2.21. The highest BCUT2D eigenvalue weighted by atomic mass is 19.3. The minimum absolute atomic E-state index is 0.307. The standard InChI is InChI=1S/C18H15F2N3O/c1-12-8-13(10-21-9-12)15-4-3-7-22-17(15)24-14-5-6-16(23-11-14)18(2,19)20/h3-11H,1-2H3. The highest BCUT2D eigenvalue weighted by Crippen LogP contribution is 2.32. The first-order valence-electron chi connectivity index (χ1n) is 7.33. The third-order valence-corrected chi connectivity index (χ3v) is 3.36. The van der Waals surface area contributed by atoms with Gasteiger partial charge in [-0.1, -0.05) is 0 Å². The molecule has 4 nitrogen and oxygen atoms in total. The summed E-state index contributed by atoms with van der Waals surface area (Å²) in [7, 11) is 0. The molecule has 24 heavy (non-hydrogen) atoms. The lowest BCUT2D eigenvalue weighted by Crippen LogP contribution is -2.09. The first-order valence-corrected chi connectivity index (χ1v) is 7.33. The fourth-order valence-electron chi connectivity index (χ4n) is 2.21. The van der Waals surface area contributed by atoms with Gasteiger partial charge in [0.15, 0.2) is 0 Å². The molecule has 3 rings (SSSR count). The van der Waals surface area contributed by atoms with Crippen molar-refractivity contribution >= 4 is 0 Å². The van der Waals surface area contributed by atoms with E-state index in [1.807, 2.05) is 19.1 Å². The molecule has 3 heterocycles. The third kappa shape index (κ3) is 3.53. The largest absolute Gasteiger partial charge is 0.437 e. The van der Waals surface area contributed by atoms with Crippen LogP contribution in [0.5, 0.6) is 11.6 Å². The summed E-state index contributed by atoms with van der Waals surface area (Å²) in [5, 5.41) is 0. The zero-order chi connectivity index (χ0) is 17.2. The van der Waals surface area contributed by atoms with E-state index in [-0.39, 0.29) is 5.69 Å². The molecular weight excluding hydrogens is 312 g/mol. The second kappa shape index (κ2) is 6.31. The molecule has 0 aliphatic rings. The Balaban J connectivity index is 1.91. The average Bonchev–Trinajstić information content (AvgIpc) is 2.55. The van der Waals surface area contributed by atoms with Crippen LogP contribution in [0.15, 0.2) is 55.1 Å². The number of aryl methyl sites for hydroxylation is 1. The number of nitrogens with zero attached hydrogens (tertiary/aromatic N) is 3. The molecule has 0 radical (unpaired) electrons. The van der Waals surface area contributed by atoms with E-state index < -0.39 is 5.92 Å². The summed E-state index contributed by atoms with van der Waals surface area (Å²) in [6.07, 6.45) is 6.34. The van der Waals surface area contributed by atoms with Crippen molar-refractivity contribution in [1.29, 1.82) is 0 Å². The lowest BCUT2D eigenvalue weighted by molar-refractivity contribution is 0.0127. The monoisotopic (exact) mass is 327 g/mol. The van der Waals surface area contributed by atoms with Gasteiger partial charge in [-0.3, -0.25) is 9.97 Å². The van der Waals surface area contributed by atoms with Gasteiger partial charge in [0.1, 0.15) is 11.4 Å². The van der Waals surface area contributed by atoms with Crippen molar-refractivity contribution in [1.82, 2.24) is 15.0 Å². The number of rotatable bonds is 4. The van der Waals surface area contributed by atoms with E-state index in [1.54, 1.807) is 24.7 Å². The normalized spacial score (nSPS) is 11.3. The summed E-state index contributed by atoms with van der Waals surface area (Å²) < 4.78 is 32.2. The molecule has 3 aromatic heterocycles. The Hall–Kier alpha value is -2.89. The van der Waals surface area contributed by atoms with Crippen LogP contribution < -0.4 is 4.74 Å². The van der Waals surface area contributed by atoms with Crippen molar-refractivity contribution < 1.29 is 13.5 Å². The number of pyridine rings is 3. The minimum Gasteiger partial charge on any atom is -0.437 e. The van der Waals surface area contributed by atoms with Crippen molar-refractivity contribution in [2.24, 2.45) is 0 Å². The predicted octanol–water partition coefficient (Wildman–Crippen LogP) is 4.75. The molecule has 0 aliphatic carbocycles. The maximum atomic E-state index is 13.2. The first-order chi connectivity index (χ1) is 11.4. The third-order valence-electron chi connectivity index (χ3n) is 3.36. The number of alkyl halides is 2. The number of aromatic nitrogens is 3. The number of hydrogen-bond donors (Lipinski definition) is 0. The molecule has 0 bridgehead atoms. The zero-order valence-corrected chi connectivity index (χ0v) is 13.2. The Kier molecular flexibility index (Phi) is 4.20. The lowest BCUT2D eigenvalue weighted by atomic mass is 10.1. The van der Waals surface area contributed by atoms with Crippen molar-refractivity contribution in [3.63, 3.8) is 0 Å². The Morgan fingerprint density at radius 1 is 1.04 bits per heavy atom. The van der Waals surface area contributed by atoms with Crippen LogP contribution in [0.4, 0.5) is 8.78 Å². The minimum atomic E-state index is -2.98. The van der Waals surface area contributed by atoms with Crippen LogP contribution in [-0.2, 0) is 5.92 Å². The van der Waals surface area contributed by atoms with Crippen LogP contribution >= 0.6 is 0 Å². The van der Waals surface area contributed by atoms with Gasteiger partial charge >= 0.3 is 0 Å². The van der Waals surface area contributed by atoms with E-state index in [1.165, 1.54) is 18.3 Å². The van der Waals surface area contributed by atoms with E-state index in [0.717, 1.165) is 23.6 Å². The smallest absolute Gasteiger partial charge is 0.286 e. The molecule has 3 aromatic rings. The Bertz CT molecular complexity index is 845. The van der Waals surface area contributed by atoms with Gasteiger partial charge in [0.2, 0.25) is 5.88 Å². The van der Waals surface area contributed by atoms with Gasteiger partial charge in [-0.15, -0.1) is 0 Å². The van der Waals surface area contributed by atoms with Gasteiger partial charge in [0.25, 0.3) is 5.92 Å². The van der Waals surface area contributed by atoms with Gasteiger partial charge in [-0.25, -0.2) is 4.98 Å². The Morgan fingerprint density at radius 3 is 2.54 bits per heavy atom. The van der Waals surface area contributed by atoms with E-state index >= 15 is 0 Å². The van der Waals surface area contributed by atoms with Crippen LogP contribution in [0.3, 0.4) is 0 Å². The lowest BCUT2D eigenvalue weighted by Gasteiger charge is -2.12. The van der Waals surface area contributed by atoms with E-state index in [2.05, 4.69) is 15.0 Å². The Morgan fingerprint density at radius 2 is 1.88 bits per heavy atom. The van der Waals surface area contributed by atoms with E-state index in [0.29, 0.717) is 11.6 Å². The maximum absolute atomic E-state index is 13.2. The van der Waals surface area contributed by atoms with Gasteiger partial charge < -0.3 is 4.74 Å². The van der Waals surface area contributed by atoms with Gasteiger partial charge in [0.05, 0.1) is 6.20 Å². The van der Waals surface area contributed by atoms with Crippen LogP contribution in [0.2, 0.25) is 0 Å². The molecule has 0 saturated heterocycles. The topological polar surface area (TPSA) is 47.9 Å². The highest BCUT2D eigenvalue weighted by molar-refractivity contribution is 5.68. The molecule has 0 aliphatic heterocycles. The predicted molar refractivity (Wildman–Crippen MR) is 86.1 cm³/mol. The maximum Gasteiger partial charge on any atom is 0.286 e. The van der Waals surface area contributed by atoms with Gasteiger partial charge in [-0.05, 0) is 42.8 Å². The number of hydrogen-bond acceptors (Lipinski definition) is 4. The molecule has 6 heteroatoms. The van der Waals surface area contributed by atoms with Crippen molar-refractivity contribution in [3.05, 3.63) is 66.4 Å². The van der Waals surface area contributed by atoms with Crippen LogP contribution in [0.1, 0.15) is 18.2 Å². The summed E-state index contributed by atoms with van der Waals surface area (Å²) in [4.78, 5) is 12.1. The summed E-state index contributed by atoms with van der Waals surface area (Å²) in [5.74, 6) is -2.28. The second-order valence-corrected chi connectivity index (χ2v) is 5.48. The second-order valence-electron chi connectivity index (χ2n) is 5.48. The molecule has 0 atom stereocenters. The van der Waals surface area contributed by atoms with Gasteiger partial charge in [-0.2, -0.15) is 8.78 Å². The van der Waals surface area contributed by atoms with E-state index in [9.17, 15) is 8.78 Å². The van der Waals surface area contributed by atoms with E-state index in [4.69, 9.17) is 4.74 Å². The van der Waals surface area contributed by atoms with Crippen molar-refractivity contribution in [2.45, 2.75) is 19.8 Å². The Labute approximate surface area is 138 Å². The number of halogens is 2. The van der Waals surface area contributed by atoms with Crippen LogP contribution in [-0.4, -0.2) is 15.0 Å². The summed E-state index contributed by atoms with van der Waals surface area (Å²) >= 11 is 0. The van der Waals surface area contributed by atoms with Gasteiger partial charge in [0, 0.05) is 36.6 Å². The van der Waals surface area contributed by atoms with Crippen molar-refractivity contribution in [3.8, 4) is 22.8 Å². The summed E-state index contributed by atoms with van der Waals surface area (Å²) in [6, 6.07) is 8.32. The fraction of sp³-hybridized carbons (Fsp3) is 0.167. The zero-order valence-electron chi connectivity index (χ0n) is 13.2. The summed E-state index contributed by atoms with van der Waals surface area (Å²) in [6.45, 7) is 2.75. The highest BCUT2D eigenvalue weighted by Gasteiger charge is 2.25. The molecule has 0 unspecified atom stereocenters. The summed E-state index contributed by atoms with van der Waals surface area (Å²) in [5.41, 5.74) is 2.33. The first kappa shape index (κ1) is 16.0. The molecule has 0 saturated carbocycles. The molecule has 0 fully saturated rings.